The molecule has 2 aromatic carbocycles. The minimum absolute atomic E-state index is 0.0188. The van der Waals surface area contributed by atoms with Gasteiger partial charge in [-0.2, -0.15) is 0 Å². The van der Waals surface area contributed by atoms with Gasteiger partial charge in [-0.1, -0.05) is 24.3 Å². The van der Waals surface area contributed by atoms with Crippen LogP contribution in [-0.2, 0) is 16.1 Å². The zero-order chi connectivity index (χ0) is 20.8. The molecule has 0 aliphatic carbocycles. The van der Waals surface area contributed by atoms with Crippen molar-refractivity contribution in [1.82, 2.24) is 4.42 Å². The average Bonchev–Trinajstić information content (AvgIpc) is 2.66. The number of hydrogen-bond donors (Lipinski definition) is 2. The lowest BCUT2D eigenvalue weighted by Crippen LogP contribution is -2.30. The summed E-state index contributed by atoms with van der Waals surface area (Å²) in [5.41, 5.74) is 6.02. The number of nitrogens with zero attached hydrogens (tertiary/aromatic N) is 1. The van der Waals surface area contributed by atoms with E-state index >= 15 is 0 Å². The molecule has 0 heterocycles. The van der Waals surface area contributed by atoms with Gasteiger partial charge in [0.15, 0.2) is 6.10 Å². The van der Waals surface area contributed by atoms with Crippen LogP contribution in [0, 0.1) is 17.0 Å². The highest BCUT2D eigenvalue weighted by Gasteiger charge is 2.31. The van der Waals surface area contributed by atoms with Crippen LogP contribution in [0.15, 0.2) is 36.4 Å². The Hall–Kier alpha value is -2.71. The average molecular weight is 412 g/mol. The molecule has 150 valence electrons. The number of halogens is 3. The van der Waals surface area contributed by atoms with Gasteiger partial charge in [0, 0.05) is 36.1 Å². The highest BCUT2D eigenvalue weighted by atomic mass is 35.5. The molecule has 1 unspecified atom stereocenters. The molecule has 0 aromatic heterocycles. The molecular weight excluding hydrogens is 392 g/mol. The van der Waals surface area contributed by atoms with Crippen molar-refractivity contribution in [3.05, 3.63) is 64.7 Å². The van der Waals surface area contributed by atoms with Crippen LogP contribution in [0.2, 0.25) is 0 Å². The van der Waals surface area contributed by atoms with Crippen molar-refractivity contribution in [2.24, 2.45) is 5.73 Å². The summed E-state index contributed by atoms with van der Waals surface area (Å²) in [5, 5.41) is 7.37. The first-order valence-corrected chi connectivity index (χ1v) is 8.67. The van der Waals surface area contributed by atoms with Gasteiger partial charge in [0.2, 0.25) is 0 Å². The summed E-state index contributed by atoms with van der Waals surface area (Å²) < 4.78 is 39.7. The molecule has 0 saturated carbocycles. The second kappa shape index (κ2) is 9.48. The van der Waals surface area contributed by atoms with Crippen LogP contribution in [0.3, 0.4) is 0 Å². The predicted molar refractivity (Wildman–Crippen MR) is 101 cm³/mol. The first-order valence-electron chi connectivity index (χ1n) is 8.33. The standard InChI is InChI=1S/C19H20ClF2N3O3/c1-3-28-17(16-14(21)8-13(27-2)9-15(16)22)19(26)25(20)10-11-4-6-12(7-5-11)18(23)24/h4-9,17H,3,10H2,1-2H3,(H3,23,24). The number of nitrogen functional groups attached to an aromatic ring is 1. The van der Waals surface area contributed by atoms with Gasteiger partial charge in [-0.05, 0) is 12.5 Å². The monoisotopic (exact) mass is 411 g/mol. The highest BCUT2D eigenvalue weighted by molar-refractivity contribution is 6.21. The van der Waals surface area contributed by atoms with Gasteiger partial charge in [0.05, 0.1) is 19.2 Å². The molecule has 1 amide bonds. The van der Waals surface area contributed by atoms with Gasteiger partial charge in [-0.15, -0.1) is 0 Å². The number of benzene rings is 2. The van der Waals surface area contributed by atoms with E-state index in [0.717, 1.165) is 16.6 Å². The van der Waals surface area contributed by atoms with Crippen LogP contribution < -0.4 is 10.5 Å². The molecule has 3 N–H and O–H groups in total. The second-order valence-corrected chi connectivity index (χ2v) is 6.22. The zero-order valence-electron chi connectivity index (χ0n) is 15.3. The Labute approximate surface area is 166 Å². The maximum Gasteiger partial charge on any atom is 0.271 e. The Morgan fingerprint density at radius 1 is 1.25 bits per heavy atom. The Morgan fingerprint density at radius 3 is 2.29 bits per heavy atom. The van der Waals surface area contributed by atoms with Crippen LogP contribution in [0.1, 0.15) is 29.7 Å². The van der Waals surface area contributed by atoms with Crippen molar-refractivity contribution in [3.8, 4) is 5.75 Å². The summed E-state index contributed by atoms with van der Waals surface area (Å²) in [5.74, 6) is -2.87. The van der Waals surface area contributed by atoms with Crippen LogP contribution in [0.5, 0.6) is 5.75 Å². The molecular formula is C19H20ClF2N3O3. The number of nitrogens with two attached hydrogens (primary N) is 1. The van der Waals surface area contributed by atoms with Crippen molar-refractivity contribution in [1.29, 1.82) is 5.41 Å². The minimum Gasteiger partial charge on any atom is -0.497 e. The second-order valence-electron chi connectivity index (χ2n) is 5.81. The largest absolute Gasteiger partial charge is 0.497 e. The fraction of sp³-hybridized carbons (Fsp3) is 0.263. The number of ether oxygens (including phenoxy) is 2. The van der Waals surface area contributed by atoms with Crippen LogP contribution >= 0.6 is 11.8 Å². The highest BCUT2D eigenvalue weighted by Crippen LogP contribution is 2.30. The van der Waals surface area contributed by atoms with Crippen molar-refractivity contribution >= 4 is 23.5 Å². The lowest BCUT2D eigenvalue weighted by Gasteiger charge is -2.23. The lowest BCUT2D eigenvalue weighted by molar-refractivity contribution is -0.139. The molecule has 0 fully saturated rings. The van der Waals surface area contributed by atoms with Gasteiger partial charge in [-0.3, -0.25) is 10.2 Å². The molecule has 0 aliphatic heterocycles. The molecule has 28 heavy (non-hydrogen) atoms. The third-order valence-electron chi connectivity index (χ3n) is 3.93. The van der Waals surface area contributed by atoms with E-state index in [1.54, 1.807) is 31.2 Å². The number of amides is 1. The third-order valence-corrected chi connectivity index (χ3v) is 4.22. The van der Waals surface area contributed by atoms with Gasteiger partial charge >= 0.3 is 0 Å². The molecule has 9 heteroatoms. The summed E-state index contributed by atoms with van der Waals surface area (Å²) >= 11 is 6.08. The number of methoxy groups -OCH3 is 1. The minimum atomic E-state index is -1.55. The van der Waals surface area contributed by atoms with E-state index in [4.69, 9.17) is 32.4 Å². The normalized spacial score (nSPS) is 11.8. The van der Waals surface area contributed by atoms with Crippen molar-refractivity contribution in [3.63, 3.8) is 0 Å². The van der Waals surface area contributed by atoms with Crippen LogP contribution in [0.4, 0.5) is 8.78 Å². The summed E-state index contributed by atoms with van der Waals surface area (Å²) in [4.78, 5) is 12.7. The molecule has 0 aliphatic rings. The molecule has 6 nitrogen and oxygen atoms in total. The molecule has 0 radical (unpaired) electrons. The topological polar surface area (TPSA) is 88.6 Å². The number of amidine groups is 1. The van der Waals surface area contributed by atoms with E-state index in [1.165, 1.54) is 7.11 Å². The zero-order valence-corrected chi connectivity index (χ0v) is 16.1. The number of carbonyl (C=O) groups is 1. The quantitative estimate of drug-likeness (QED) is 0.395. The SMILES string of the molecule is CCOC(C(=O)N(Cl)Cc1ccc(C(=N)N)cc1)c1c(F)cc(OC)cc1F. The van der Waals surface area contributed by atoms with Gasteiger partial charge in [0.1, 0.15) is 23.2 Å². The van der Waals surface area contributed by atoms with Crippen LogP contribution in [-0.4, -0.2) is 29.9 Å². The number of hydrogen-bond acceptors (Lipinski definition) is 4. The summed E-state index contributed by atoms with van der Waals surface area (Å²) in [6.07, 6.45) is -1.55. The molecule has 0 bridgehead atoms. The van der Waals surface area contributed by atoms with E-state index in [9.17, 15) is 13.6 Å². The Bertz CT molecular complexity index is 839. The number of carbonyl (C=O) groups excluding carboxylic acids is 1. The molecule has 0 spiro atoms. The molecule has 1 atom stereocenters. The number of nitrogens with one attached hydrogen (secondary N) is 1. The third kappa shape index (κ3) is 4.96. The van der Waals surface area contributed by atoms with Gasteiger partial charge in [0.25, 0.3) is 5.91 Å². The van der Waals surface area contributed by atoms with Gasteiger partial charge in [-0.25, -0.2) is 13.2 Å². The Kier molecular flexibility index (Phi) is 7.31. The summed E-state index contributed by atoms with van der Waals surface area (Å²) in [7, 11) is 1.27. The molecule has 0 saturated heterocycles. The van der Waals surface area contributed by atoms with Crippen LogP contribution in [0.25, 0.3) is 0 Å². The maximum absolute atomic E-state index is 14.4. The maximum atomic E-state index is 14.4. The van der Waals surface area contributed by atoms with E-state index in [-0.39, 0.29) is 24.7 Å². The smallest absolute Gasteiger partial charge is 0.271 e. The molecule has 2 aromatic rings. The fourth-order valence-corrected chi connectivity index (χ4v) is 2.76. The van der Waals surface area contributed by atoms with E-state index < -0.39 is 29.2 Å². The Balaban J connectivity index is 2.25. The van der Waals surface area contributed by atoms with Crippen molar-refractivity contribution < 1.29 is 23.0 Å². The summed E-state index contributed by atoms with van der Waals surface area (Å²) in [6, 6.07) is 8.44. The molecule has 2 rings (SSSR count). The van der Waals surface area contributed by atoms with E-state index in [2.05, 4.69) is 0 Å². The Morgan fingerprint density at radius 2 is 1.82 bits per heavy atom. The first-order chi connectivity index (χ1) is 13.3. The van der Waals surface area contributed by atoms with E-state index in [1.807, 2.05) is 0 Å². The van der Waals surface area contributed by atoms with Gasteiger partial charge < -0.3 is 15.2 Å². The van der Waals surface area contributed by atoms with E-state index in [0.29, 0.717) is 11.1 Å². The number of rotatable bonds is 8. The summed E-state index contributed by atoms with van der Waals surface area (Å²) in [6.45, 7) is 1.60. The van der Waals surface area contributed by atoms with Crippen molar-refractivity contribution in [2.75, 3.05) is 13.7 Å². The predicted octanol–water partition coefficient (Wildman–Crippen LogP) is 3.52. The lowest BCUT2D eigenvalue weighted by atomic mass is 10.1. The fourth-order valence-electron chi connectivity index (χ4n) is 2.53. The first kappa shape index (κ1) is 21.6. The van der Waals surface area contributed by atoms with Crippen molar-refractivity contribution in [2.45, 2.75) is 19.6 Å².